The number of carbonyl (C=O) groups excluding carboxylic acids is 2. The first-order valence-corrected chi connectivity index (χ1v) is 9.17. The molecule has 1 N–H and O–H groups in total. The number of esters is 1. The lowest BCUT2D eigenvalue weighted by atomic mass is 10.0. The Morgan fingerprint density at radius 3 is 2.44 bits per heavy atom. The predicted molar refractivity (Wildman–Crippen MR) is 105 cm³/mol. The molecule has 0 aliphatic rings. The third-order valence-corrected chi connectivity index (χ3v) is 4.31. The van der Waals surface area contributed by atoms with Crippen LogP contribution in [-0.2, 0) is 20.7 Å². The van der Waals surface area contributed by atoms with Crippen LogP contribution >= 0.6 is 0 Å². The van der Waals surface area contributed by atoms with Gasteiger partial charge in [-0.2, -0.15) is 0 Å². The van der Waals surface area contributed by atoms with Crippen molar-refractivity contribution in [3.8, 4) is 5.75 Å². The van der Waals surface area contributed by atoms with E-state index in [2.05, 4.69) is 5.32 Å². The number of hydrogen-bond acceptors (Lipinski definition) is 4. The van der Waals surface area contributed by atoms with Crippen LogP contribution in [0.4, 0.5) is 0 Å². The van der Waals surface area contributed by atoms with Crippen molar-refractivity contribution in [3.63, 3.8) is 0 Å². The number of rotatable bonds is 9. The van der Waals surface area contributed by atoms with E-state index in [4.69, 9.17) is 9.47 Å². The minimum absolute atomic E-state index is 0.0980. The van der Waals surface area contributed by atoms with Gasteiger partial charge in [-0.05, 0) is 37.5 Å². The molecule has 0 aliphatic carbocycles. The second-order valence-corrected chi connectivity index (χ2v) is 6.35. The maximum Gasteiger partial charge on any atom is 0.307 e. The van der Waals surface area contributed by atoms with E-state index in [0.717, 1.165) is 22.4 Å². The second kappa shape index (κ2) is 10.4. The van der Waals surface area contributed by atoms with Crippen LogP contribution in [0.1, 0.15) is 42.5 Å². The zero-order valence-corrected chi connectivity index (χ0v) is 16.2. The SMILES string of the molecule is CCOc1ccccc1CCC(=O)NC(CC(=O)OC)c1ccc(C)cc1. The fourth-order valence-electron chi connectivity index (χ4n) is 2.82. The van der Waals surface area contributed by atoms with Gasteiger partial charge in [0.05, 0.1) is 26.2 Å². The molecule has 1 unspecified atom stereocenters. The lowest BCUT2D eigenvalue weighted by molar-refractivity contribution is -0.141. The highest BCUT2D eigenvalue weighted by molar-refractivity contribution is 5.78. The van der Waals surface area contributed by atoms with Gasteiger partial charge in [0.2, 0.25) is 5.91 Å². The Labute approximate surface area is 160 Å². The van der Waals surface area contributed by atoms with Gasteiger partial charge >= 0.3 is 5.97 Å². The summed E-state index contributed by atoms with van der Waals surface area (Å²) in [5, 5.41) is 2.96. The molecule has 0 aliphatic heterocycles. The van der Waals surface area contributed by atoms with Crippen LogP contribution in [0.2, 0.25) is 0 Å². The minimum Gasteiger partial charge on any atom is -0.494 e. The predicted octanol–water partition coefficient (Wildman–Crippen LogP) is 3.75. The van der Waals surface area contributed by atoms with Crippen molar-refractivity contribution < 1.29 is 19.1 Å². The van der Waals surface area contributed by atoms with E-state index in [0.29, 0.717) is 19.4 Å². The highest BCUT2D eigenvalue weighted by atomic mass is 16.5. The lowest BCUT2D eigenvalue weighted by Crippen LogP contribution is -2.30. The summed E-state index contributed by atoms with van der Waals surface area (Å²) in [6, 6.07) is 15.1. The fraction of sp³-hybridized carbons (Fsp3) is 0.364. The summed E-state index contributed by atoms with van der Waals surface area (Å²) in [4.78, 5) is 24.3. The number of carbonyl (C=O) groups is 2. The van der Waals surface area contributed by atoms with Crippen LogP contribution in [0, 0.1) is 6.92 Å². The topological polar surface area (TPSA) is 64.6 Å². The molecule has 0 radical (unpaired) electrons. The quantitative estimate of drug-likeness (QED) is 0.684. The average molecular weight is 369 g/mol. The third-order valence-electron chi connectivity index (χ3n) is 4.31. The van der Waals surface area contributed by atoms with Gasteiger partial charge in [-0.15, -0.1) is 0 Å². The number of para-hydroxylation sites is 1. The average Bonchev–Trinajstić information content (AvgIpc) is 2.67. The monoisotopic (exact) mass is 369 g/mol. The molecule has 5 heteroatoms. The highest BCUT2D eigenvalue weighted by Crippen LogP contribution is 2.21. The summed E-state index contributed by atoms with van der Waals surface area (Å²) in [5.74, 6) is 0.329. The molecular weight excluding hydrogens is 342 g/mol. The molecule has 0 saturated carbocycles. The van der Waals surface area contributed by atoms with E-state index in [-0.39, 0.29) is 18.3 Å². The van der Waals surface area contributed by atoms with E-state index in [1.807, 2.05) is 62.4 Å². The van der Waals surface area contributed by atoms with Crippen molar-refractivity contribution in [2.45, 2.75) is 39.2 Å². The van der Waals surface area contributed by atoms with Crippen LogP contribution < -0.4 is 10.1 Å². The van der Waals surface area contributed by atoms with Crippen molar-refractivity contribution in [1.82, 2.24) is 5.32 Å². The molecule has 0 spiro atoms. The van der Waals surface area contributed by atoms with Crippen LogP contribution in [0.5, 0.6) is 5.75 Å². The van der Waals surface area contributed by atoms with E-state index < -0.39 is 6.04 Å². The smallest absolute Gasteiger partial charge is 0.307 e. The van der Waals surface area contributed by atoms with Crippen molar-refractivity contribution >= 4 is 11.9 Å². The number of benzene rings is 2. The van der Waals surface area contributed by atoms with Crippen LogP contribution in [0.15, 0.2) is 48.5 Å². The van der Waals surface area contributed by atoms with Crippen molar-refractivity contribution in [3.05, 3.63) is 65.2 Å². The van der Waals surface area contributed by atoms with Gasteiger partial charge < -0.3 is 14.8 Å². The van der Waals surface area contributed by atoms with Gasteiger partial charge in [-0.25, -0.2) is 0 Å². The lowest BCUT2D eigenvalue weighted by Gasteiger charge is -2.19. The summed E-state index contributed by atoms with van der Waals surface area (Å²) in [6.45, 7) is 4.51. The maximum absolute atomic E-state index is 12.5. The number of aryl methyl sites for hydroxylation is 2. The standard InChI is InChI=1S/C22H27NO4/c1-4-27-20-8-6-5-7-18(20)13-14-21(24)23-19(15-22(25)26-3)17-11-9-16(2)10-12-17/h5-12,19H,4,13-15H2,1-3H3,(H,23,24). The molecule has 0 saturated heterocycles. The van der Waals surface area contributed by atoms with Gasteiger partial charge in [0.25, 0.3) is 0 Å². The Kier molecular flexibility index (Phi) is 7.86. The number of methoxy groups -OCH3 is 1. The molecule has 2 rings (SSSR count). The maximum atomic E-state index is 12.5. The van der Waals surface area contributed by atoms with Gasteiger partial charge in [-0.3, -0.25) is 9.59 Å². The zero-order chi connectivity index (χ0) is 19.6. The molecule has 27 heavy (non-hydrogen) atoms. The zero-order valence-electron chi connectivity index (χ0n) is 16.2. The molecule has 0 fully saturated rings. The first-order chi connectivity index (χ1) is 13.0. The molecule has 0 heterocycles. The van der Waals surface area contributed by atoms with E-state index in [1.54, 1.807) is 0 Å². The Balaban J connectivity index is 2.03. The number of hydrogen-bond donors (Lipinski definition) is 1. The first-order valence-electron chi connectivity index (χ1n) is 9.17. The Hall–Kier alpha value is -2.82. The number of amides is 1. The third kappa shape index (κ3) is 6.44. The highest BCUT2D eigenvalue weighted by Gasteiger charge is 2.19. The van der Waals surface area contributed by atoms with Crippen LogP contribution in [-0.4, -0.2) is 25.6 Å². The Bertz CT molecular complexity index is 755. The first kappa shape index (κ1) is 20.5. The number of ether oxygens (including phenoxy) is 2. The molecule has 2 aromatic carbocycles. The molecule has 2 aromatic rings. The normalized spacial score (nSPS) is 11.5. The fourth-order valence-corrected chi connectivity index (χ4v) is 2.82. The second-order valence-electron chi connectivity index (χ2n) is 6.35. The van der Waals surface area contributed by atoms with Crippen LogP contribution in [0.25, 0.3) is 0 Å². The largest absolute Gasteiger partial charge is 0.494 e. The molecular formula is C22H27NO4. The van der Waals surface area contributed by atoms with Gasteiger partial charge in [-0.1, -0.05) is 48.0 Å². The summed E-state index contributed by atoms with van der Waals surface area (Å²) in [5.41, 5.74) is 3.00. The van der Waals surface area contributed by atoms with E-state index >= 15 is 0 Å². The summed E-state index contributed by atoms with van der Waals surface area (Å²) >= 11 is 0. The number of nitrogens with one attached hydrogen (secondary N) is 1. The molecule has 1 atom stereocenters. The summed E-state index contributed by atoms with van der Waals surface area (Å²) in [7, 11) is 1.35. The van der Waals surface area contributed by atoms with Gasteiger partial charge in [0.1, 0.15) is 5.75 Å². The van der Waals surface area contributed by atoms with E-state index in [9.17, 15) is 9.59 Å². The molecule has 0 bridgehead atoms. The van der Waals surface area contributed by atoms with Gasteiger partial charge in [0.15, 0.2) is 0 Å². The van der Waals surface area contributed by atoms with Crippen LogP contribution in [0.3, 0.4) is 0 Å². The molecule has 5 nitrogen and oxygen atoms in total. The Morgan fingerprint density at radius 2 is 1.78 bits per heavy atom. The van der Waals surface area contributed by atoms with Gasteiger partial charge in [0, 0.05) is 6.42 Å². The molecule has 1 amide bonds. The van der Waals surface area contributed by atoms with E-state index in [1.165, 1.54) is 7.11 Å². The van der Waals surface area contributed by atoms with Crippen molar-refractivity contribution in [1.29, 1.82) is 0 Å². The Morgan fingerprint density at radius 1 is 1.07 bits per heavy atom. The minimum atomic E-state index is -0.410. The van der Waals surface area contributed by atoms with Crippen molar-refractivity contribution in [2.24, 2.45) is 0 Å². The summed E-state index contributed by atoms with van der Waals surface area (Å²) < 4.78 is 10.4. The van der Waals surface area contributed by atoms with Crippen molar-refractivity contribution in [2.75, 3.05) is 13.7 Å². The molecule has 144 valence electrons. The molecule has 0 aromatic heterocycles. The summed E-state index contributed by atoms with van der Waals surface area (Å²) in [6.07, 6.45) is 0.981.